The van der Waals surface area contributed by atoms with Gasteiger partial charge < -0.3 is 5.11 Å². The van der Waals surface area contributed by atoms with E-state index in [1.807, 2.05) is 31.2 Å². The van der Waals surface area contributed by atoms with Crippen LogP contribution in [0.2, 0.25) is 0 Å². The first-order valence-corrected chi connectivity index (χ1v) is 5.17. The SMILES string of the molecule is Cc1ccccc1[C@@H](O)c1ccc(F)cc1. The van der Waals surface area contributed by atoms with Crippen LogP contribution in [0.25, 0.3) is 0 Å². The van der Waals surface area contributed by atoms with Gasteiger partial charge in [0.25, 0.3) is 0 Å². The summed E-state index contributed by atoms with van der Waals surface area (Å²) in [4.78, 5) is 0. The van der Waals surface area contributed by atoms with Gasteiger partial charge in [-0.3, -0.25) is 0 Å². The smallest absolute Gasteiger partial charge is 0.123 e. The average Bonchev–Trinajstić information content (AvgIpc) is 2.30. The van der Waals surface area contributed by atoms with Crippen LogP contribution in [0.4, 0.5) is 4.39 Å². The molecule has 2 aromatic rings. The first-order valence-electron chi connectivity index (χ1n) is 5.17. The molecule has 0 aliphatic carbocycles. The van der Waals surface area contributed by atoms with Crippen LogP contribution in [0.1, 0.15) is 22.8 Å². The fourth-order valence-corrected chi connectivity index (χ4v) is 1.72. The average molecular weight is 216 g/mol. The van der Waals surface area contributed by atoms with Gasteiger partial charge in [-0.1, -0.05) is 36.4 Å². The Hall–Kier alpha value is -1.67. The lowest BCUT2D eigenvalue weighted by Gasteiger charge is -2.13. The molecule has 0 spiro atoms. The topological polar surface area (TPSA) is 20.2 Å². The number of aryl methyl sites for hydroxylation is 1. The zero-order valence-corrected chi connectivity index (χ0v) is 9.02. The molecule has 0 bridgehead atoms. The molecule has 2 rings (SSSR count). The highest BCUT2D eigenvalue weighted by molar-refractivity contribution is 5.34. The molecule has 82 valence electrons. The fraction of sp³-hybridized carbons (Fsp3) is 0.143. The third kappa shape index (κ3) is 2.12. The summed E-state index contributed by atoms with van der Waals surface area (Å²) < 4.78 is 12.8. The van der Waals surface area contributed by atoms with Gasteiger partial charge in [0, 0.05) is 0 Å². The Morgan fingerprint density at radius 1 is 1.00 bits per heavy atom. The summed E-state index contributed by atoms with van der Waals surface area (Å²) in [6.45, 7) is 1.95. The van der Waals surface area contributed by atoms with E-state index in [0.717, 1.165) is 11.1 Å². The molecule has 2 heteroatoms. The van der Waals surface area contributed by atoms with Gasteiger partial charge in [0.1, 0.15) is 11.9 Å². The predicted molar refractivity (Wildman–Crippen MR) is 61.6 cm³/mol. The van der Waals surface area contributed by atoms with Gasteiger partial charge in [0.05, 0.1) is 0 Å². The van der Waals surface area contributed by atoms with Crippen LogP contribution in [-0.2, 0) is 0 Å². The molecule has 0 radical (unpaired) electrons. The Kier molecular flexibility index (Phi) is 3.02. The second kappa shape index (κ2) is 4.45. The van der Waals surface area contributed by atoms with E-state index in [4.69, 9.17) is 0 Å². The molecular formula is C14H13FO. The van der Waals surface area contributed by atoms with Gasteiger partial charge in [-0.2, -0.15) is 0 Å². The van der Waals surface area contributed by atoms with Gasteiger partial charge in [-0.05, 0) is 35.7 Å². The number of rotatable bonds is 2. The summed E-state index contributed by atoms with van der Waals surface area (Å²) in [5.74, 6) is -0.291. The third-order valence-electron chi connectivity index (χ3n) is 2.67. The Bertz CT molecular complexity index is 476. The lowest BCUT2D eigenvalue weighted by Crippen LogP contribution is -2.01. The molecule has 0 amide bonds. The maximum Gasteiger partial charge on any atom is 0.123 e. The summed E-state index contributed by atoms with van der Waals surface area (Å²) >= 11 is 0. The van der Waals surface area contributed by atoms with Crippen molar-refractivity contribution in [2.24, 2.45) is 0 Å². The largest absolute Gasteiger partial charge is 0.384 e. The fourth-order valence-electron chi connectivity index (χ4n) is 1.72. The molecule has 0 saturated heterocycles. The molecule has 0 aromatic heterocycles. The number of aliphatic hydroxyl groups is 1. The standard InChI is InChI=1S/C14H13FO/c1-10-4-2-3-5-13(10)14(16)11-6-8-12(15)9-7-11/h2-9,14,16H,1H3/t14-/m0/s1. The molecule has 0 saturated carbocycles. The third-order valence-corrected chi connectivity index (χ3v) is 2.67. The molecule has 16 heavy (non-hydrogen) atoms. The van der Waals surface area contributed by atoms with E-state index in [1.54, 1.807) is 12.1 Å². The molecular weight excluding hydrogens is 203 g/mol. The first-order chi connectivity index (χ1) is 7.68. The minimum atomic E-state index is -0.693. The van der Waals surface area contributed by atoms with E-state index in [2.05, 4.69) is 0 Å². The van der Waals surface area contributed by atoms with Crippen molar-refractivity contribution in [1.29, 1.82) is 0 Å². The number of aliphatic hydroxyl groups excluding tert-OH is 1. The van der Waals surface area contributed by atoms with Crippen LogP contribution >= 0.6 is 0 Å². The maximum atomic E-state index is 12.8. The maximum absolute atomic E-state index is 12.8. The van der Waals surface area contributed by atoms with Crippen molar-refractivity contribution in [3.8, 4) is 0 Å². The normalized spacial score (nSPS) is 12.4. The van der Waals surface area contributed by atoms with Gasteiger partial charge >= 0.3 is 0 Å². The summed E-state index contributed by atoms with van der Waals surface area (Å²) in [7, 11) is 0. The van der Waals surface area contributed by atoms with Crippen LogP contribution in [0, 0.1) is 12.7 Å². The highest BCUT2D eigenvalue weighted by Crippen LogP contribution is 2.24. The van der Waals surface area contributed by atoms with Crippen LogP contribution in [0.3, 0.4) is 0 Å². The molecule has 2 aromatic carbocycles. The number of halogens is 1. The highest BCUT2D eigenvalue weighted by Gasteiger charge is 2.11. The number of benzene rings is 2. The van der Waals surface area contributed by atoms with Crippen LogP contribution in [0.15, 0.2) is 48.5 Å². The summed E-state index contributed by atoms with van der Waals surface area (Å²) in [6.07, 6.45) is -0.693. The van der Waals surface area contributed by atoms with E-state index in [-0.39, 0.29) is 5.82 Å². The molecule has 1 N–H and O–H groups in total. The van der Waals surface area contributed by atoms with Gasteiger partial charge in [0.2, 0.25) is 0 Å². The van der Waals surface area contributed by atoms with Crippen LogP contribution < -0.4 is 0 Å². The number of hydrogen-bond acceptors (Lipinski definition) is 1. The van der Waals surface area contributed by atoms with E-state index in [1.165, 1.54) is 12.1 Å². The van der Waals surface area contributed by atoms with Crippen LogP contribution in [0.5, 0.6) is 0 Å². The van der Waals surface area contributed by atoms with Crippen molar-refractivity contribution in [2.75, 3.05) is 0 Å². The lowest BCUT2D eigenvalue weighted by molar-refractivity contribution is 0.219. The summed E-state index contributed by atoms with van der Waals surface area (Å²) in [5.41, 5.74) is 2.59. The zero-order valence-electron chi connectivity index (χ0n) is 9.02. The monoisotopic (exact) mass is 216 g/mol. The molecule has 0 unspecified atom stereocenters. The Labute approximate surface area is 94.2 Å². The Balaban J connectivity index is 2.35. The molecule has 1 atom stereocenters. The van der Waals surface area contributed by atoms with Crippen molar-refractivity contribution >= 4 is 0 Å². The van der Waals surface area contributed by atoms with E-state index in [0.29, 0.717) is 5.56 Å². The molecule has 0 aliphatic heterocycles. The summed E-state index contributed by atoms with van der Waals surface area (Å²) in [5, 5.41) is 10.1. The Morgan fingerprint density at radius 2 is 1.62 bits per heavy atom. The van der Waals surface area contributed by atoms with Crippen molar-refractivity contribution in [1.82, 2.24) is 0 Å². The molecule has 0 heterocycles. The molecule has 0 aliphatic rings. The second-order valence-corrected chi connectivity index (χ2v) is 3.81. The minimum absolute atomic E-state index is 0.291. The lowest BCUT2D eigenvalue weighted by atomic mass is 9.98. The zero-order chi connectivity index (χ0) is 11.5. The quantitative estimate of drug-likeness (QED) is 0.817. The minimum Gasteiger partial charge on any atom is -0.384 e. The van der Waals surface area contributed by atoms with E-state index < -0.39 is 6.10 Å². The van der Waals surface area contributed by atoms with Crippen molar-refractivity contribution in [3.05, 3.63) is 71.0 Å². The van der Waals surface area contributed by atoms with Gasteiger partial charge in [0.15, 0.2) is 0 Å². The summed E-state index contributed by atoms with van der Waals surface area (Å²) in [6, 6.07) is 13.6. The predicted octanol–water partition coefficient (Wildman–Crippen LogP) is 3.22. The molecule has 1 nitrogen and oxygen atoms in total. The van der Waals surface area contributed by atoms with Crippen LogP contribution in [-0.4, -0.2) is 5.11 Å². The number of hydrogen-bond donors (Lipinski definition) is 1. The van der Waals surface area contributed by atoms with Gasteiger partial charge in [-0.15, -0.1) is 0 Å². The van der Waals surface area contributed by atoms with Gasteiger partial charge in [-0.25, -0.2) is 4.39 Å². The van der Waals surface area contributed by atoms with Crippen molar-refractivity contribution < 1.29 is 9.50 Å². The Morgan fingerprint density at radius 3 is 2.25 bits per heavy atom. The first kappa shape index (κ1) is 10.8. The highest BCUT2D eigenvalue weighted by atomic mass is 19.1. The van der Waals surface area contributed by atoms with Crippen molar-refractivity contribution in [2.45, 2.75) is 13.0 Å². The second-order valence-electron chi connectivity index (χ2n) is 3.81. The molecule has 0 fully saturated rings. The van der Waals surface area contributed by atoms with E-state index in [9.17, 15) is 9.50 Å². The van der Waals surface area contributed by atoms with E-state index >= 15 is 0 Å². The van der Waals surface area contributed by atoms with Crippen molar-refractivity contribution in [3.63, 3.8) is 0 Å².